The maximum atomic E-state index is 10.5. The lowest BCUT2D eigenvalue weighted by atomic mass is 10.9. The normalized spacial score (nSPS) is 12.2. The molecule has 0 aromatic rings. The van der Waals surface area contributed by atoms with E-state index in [9.17, 15) is 9.36 Å². The molecule has 0 saturated heterocycles. The van der Waals surface area contributed by atoms with Gasteiger partial charge >= 0.3 is 14.4 Å². The van der Waals surface area contributed by atoms with Crippen LogP contribution in [0.2, 0.25) is 0 Å². The molecule has 1 unspecified atom stereocenters. The van der Waals surface area contributed by atoms with E-state index in [1.54, 1.807) is 6.92 Å². The van der Waals surface area contributed by atoms with E-state index in [1.807, 2.05) is 0 Å². The molecule has 0 bridgehead atoms. The summed E-state index contributed by atoms with van der Waals surface area (Å²) in [5.41, 5.74) is 0. The summed E-state index contributed by atoms with van der Waals surface area (Å²) in [6, 6.07) is 0. The molecular weight excluding hydrogens is 159 g/mol. The van der Waals surface area contributed by atoms with Crippen LogP contribution in [-0.2, 0) is 18.3 Å². The van der Waals surface area contributed by atoms with Crippen molar-refractivity contribution in [3.05, 3.63) is 0 Å². The van der Waals surface area contributed by atoms with E-state index in [-0.39, 0.29) is 6.61 Å². The van der Waals surface area contributed by atoms with Crippen LogP contribution in [0.1, 0.15) is 6.92 Å². The van der Waals surface area contributed by atoms with Crippen LogP contribution in [0.15, 0.2) is 0 Å². The summed E-state index contributed by atoms with van der Waals surface area (Å²) >= 11 is 0. The van der Waals surface area contributed by atoms with Crippen molar-refractivity contribution in [3.63, 3.8) is 0 Å². The van der Waals surface area contributed by atoms with Crippen molar-refractivity contribution in [2.75, 3.05) is 13.7 Å². The van der Waals surface area contributed by atoms with E-state index >= 15 is 0 Å². The van der Waals surface area contributed by atoms with Crippen molar-refractivity contribution in [2.45, 2.75) is 6.92 Å². The zero-order valence-corrected chi connectivity index (χ0v) is 6.75. The first kappa shape index (κ1) is 9.46. The van der Waals surface area contributed by atoms with Gasteiger partial charge in [0.1, 0.15) is 0 Å². The van der Waals surface area contributed by atoms with Gasteiger partial charge in [0.25, 0.3) is 0 Å². The second-order valence-corrected chi connectivity index (χ2v) is 2.23. The quantitative estimate of drug-likeness (QED) is 0.468. The summed E-state index contributed by atoms with van der Waals surface area (Å²) in [6.45, 7) is 1.89. The summed E-state index contributed by atoms with van der Waals surface area (Å²) in [6.07, 6.45) is -0.989. The van der Waals surface area contributed by atoms with Gasteiger partial charge in [0.05, 0.1) is 13.7 Å². The van der Waals surface area contributed by atoms with Gasteiger partial charge in [-0.2, -0.15) is 0 Å². The molecule has 0 aromatic carbocycles. The Kier molecular flexibility index (Phi) is 4.98. The second-order valence-electron chi connectivity index (χ2n) is 1.24. The third-order valence-corrected chi connectivity index (χ3v) is 1.45. The zero-order valence-electron chi connectivity index (χ0n) is 5.75. The molecule has 0 N–H and O–H groups in total. The molecule has 0 aliphatic carbocycles. The average molecular weight is 168 g/mol. The van der Waals surface area contributed by atoms with Gasteiger partial charge in [-0.25, -0.2) is 9.36 Å². The minimum Gasteiger partial charge on any atom is -0.437 e. The molecule has 1 atom stereocenters. The number of hydrogen-bond acceptors (Lipinski definition) is 5. The zero-order chi connectivity index (χ0) is 7.98. The molecule has 0 spiro atoms. The molecule has 0 aromatic heterocycles. The van der Waals surface area contributed by atoms with Crippen LogP contribution in [0.25, 0.3) is 0 Å². The van der Waals surface area contributed by atoms with Crippen molar-refractivity contribution in [1.29, 1.82) is 0 Å². The monoisotopic (exact) mass is 168 g/mol. The lowest BCUT2D eigenvalue weighted by Gasteiger charge is -2.00. The molecule has 5 nitrogen and oxygen atoms in total. The standard InChI is InChI=1S/C4H9O5P/c1-3-8-10(6)9-4(5)7-2/h10H,3H2,1-2H3. The maximum Gasteiger partial charge on any atom is 0.514 e. The van der Waals surface area contributed by atoms with Crippen LogP contribution in [0, 0.1) is 0 Å². The number of carbonyl (C=O) groups excluding carboxylic acids is 1. The summed E-state index contributed by atoms with van der Waals surface area (Å²) in [5.74, 6) is 0. The first-order valence-electron chi connectivity index (χ1n) is 2.63. The van der Waals surface area contributed by atoms with E-state index in [0.29, 0.717) is 0 Å². The second kappa shape index (κ2) is 5.26. The third-order valence-electron chi connectivity index (χ3n) is 0.596. The fraction of sp³-hybridized carbons (Fsp3) is 0.750. The molecule has 0 amide bonds. The van der Waals surface area contributed by atoms with Gasteiger partial charge in [0.2, 0.25) is 0 Å². The van der Waals surface area contributed by atoms with Crippen molar-refractivity contribution in [3.8, 4) is 0 Å². The smallest absolute Gasteiger partial charge is 0.437 e. The summed E-state index contributed by atoms with van der Waals surface area (Å²) in [7, 11) is -1.55. The Morgan fingerprint density at radius 1 is 1.60 bits per heavy atom. The molecule has 0 radical (unpaired) electrons. The molecule has 0 saturated carbocycles. The lowest BCUT2D eigenvalue weighted by molar-refractivity contribution is 0.116. The summed E-state index contributed by atoms with van der Waals surface area (Å²) in [4.78, 5) is 10.2. The van der Waals surface area contributed by atoms with Crippen LogP contribution in [0.4, 0.5) is 4.79 Å². The van der Waals surface area contributed by atoms with Crippen molar-refractivity contribution in [2.24, 2.45) is 0 Å². The van der Waals surface area contributed by atoms with Crippen LogP contribution >= 0.6 is 8.25 Å². The van der Waals surface area contributed by atoms with Crippen LogP contribution < -0.4 is 0 Å². The Morgan fingerprint density at radius 2 is 2.20 bits per heavy atom. The highest BCUT2D eigenvalue weighted by Crippen LogP contribution is 2.23. The molecule has 0 aliphatic rings. The Labute approximate surface area is 59.2 Å². The van der Waals surface area contributed by atoms with E-state index < -0.39 is 14.4 Å². The van der Waals surface area contributed by atoms with Crippen molar-refractivity contribution >= 4 is 14.4 Å². The third kappa shape index (κ3) is 4.35. The van der Waals surface area contributed by atoms with Gasteiger partial charge in [0, 0.05) is 0 Å². The van der Waals surface area contributed by atoms with Gasteiger partial charge < -0.3 is 13.8 Å². The van der Waals surface area contributed by atoms with E-state index in [0.717, 1.165) is 7.11 Å². The van der Waals surface area contributed by atoms with Crippen LogP contribution in [-0.4, -0.2) is 19.9 Å². The van der Waals surface area contributed by atoms with Gasteiger partial charge in [0.15, 0.2) is 0 Å². The number of ether oxygens (including phenoxy) is 1. The van der Waals surface area contributed by atoms with Gasteiger partial charge in [-0.15, -0.1) is 0 Å². The van der Waals surface area contributed by atoms with Crippen LogP contribution in [0.5, 0.6) is 0 Å². The van der Waals surface area contributed by atoms with E-state index in [2.05, 4.69) is 13.8 Å². The molecule has 0 rings (SSSR count). The first-order chi connectivity index (χ1) is 4.70. The maximum absolute atomic E-state index is 10.5. The Morgan fingerprint density at radius 3 is 2.60 bits per heavy atom. The molecule has 0 fully saturated rings. The Bertz CT molecular complexity index is 134. The van der Waals surface area contributed by atoms with Gasteiger partial charge in [-0.3, -0.25) is 0 Å². The molecule has 6 heteroatoms. The first-order valence-corrected chi connectivity index (χ1v) is 3.85. The summed E-state index contributed by atoms with van der Waals surface area (Å²) in [5, 5.41) is 0. The number of carbonyl (C=O) groups is 1. The molecule has 0 aliphatic heterocycles. The fourth-order valence-electron chi connectivity index (χ4n) is 0.257. The van der Waals surface area contributed by atoms with Gasteiger partial charge in [-0.1, -0.05) is 0 Å². The summed E-state index contributed by atoms with van der Waals surface area (Å²) < 4.78 is 23.0. The topological polar surface area (TPSA) is 61.8 Å². The van der Waals surface area contributed by atoms with Crippen molar-refractivity contribution in [1.82, 2.24) is 0 Å². The highest BCUT2D eigenvalue weighted by Gasteiger charge is 2.05. The molecular formula is C4H9O5P. The number of methoxy groups -OCH3 is 1. The molecule has 60 valence electrons. The average Bonchev–Trinajstić information content (AvgIpc) is 1.88. The SMILES string of the molecule is CCO[PH](=O)OC(=O)OC. The van der Waals surface area contributed by atoms with Crippen LogP contribution in [0.3, 0.4) is 0 Å². The number of hydrogen-bond donors (Lipinski definition) is 0. The highest BCUT2D eigenvalue weighted by molar-refractivity contribution is 7.34. The highest BCUT2D eigenvalue weighted by atomic mass is 31.1. The molecule has 10 heavy (non-hydrogen) atoms. The molecule has 0 heterocycles. The Balaban J connectivity index is 3.47. The lowest BCUT2D eigenvalue weighted by Crippen LogP contribution is -1.98. The minimum absolute atomic E-state index is 0.245. The fourth-order valence-corrected chi connectivity index (χ4v) is 0.771. The predicted octanol–water partition coefficient (Wildman–Crippen LogP) is 1.20. The van der Waals surface area contributed by atoms with Crippen molar-refractivity contribution < 1.29 is 23.1 Å². The van der Waals surface area contributed by atoms with E-state index in [1.165, 1.54) is 0 Å². The predicted molar refractivity (Wildman–Crippen MR) is 34.1 cm³/mol. The van der Waals surface area contributed by atoms with Gasteiger partial charge in [-0.05, 0) is 6.92 Å². The Hall–Kier alpha value is -0.540. The largest absolute Gasteiger partial charge is 0.514 e. The minimum atomic E-state index is -2.68. The van der Waals surface area contributed by atoms with E-state index in [4.69, 9.17) is 0 Å². The number of rotatable bonds is 3.